The van der Waals surface area contributed by atoms with Crippen LogP contribution in [0.1, 0.15) is 30.5 Å². The van der Waals surface area contributed by atoms with Crippen molar-refractivity contribution in [2.75, 3.05) is 24.1 Å². The normalized spacial score (nSPS) is 11.6. The zero-order valence-electron chi connectivity index (χ0n) is 16.2. The molecule has 0 spiro atoms. The smallest absolute Gasteiger partial charge is 0.243 e. The van der Waals surface area contributed by atoms with Crippen LogP contribution in [0.3, 0.4) is 0 Å². The average Bonchev–Trinajstić information content (AvgIpc) is 2.61. The van der Waals surface area contributed by atoms with Gasteiger partial charge < -0.3 is 11.1 Å². The van der Waals surface area contributed by atoms with Gasteiger partial charge in [0.25, 0.3) is 0 Å². The van der Waals surface area contributed by atoms with Crippen LogP contribution in [-0.2, 0) is 21.2 Å². The van der Waals surface area contributed by atoms with E-state index in [-0.39, 0.29) is 17.2 Å². The minimum Gasteiger partial charge on any atom is -0.399 e. The molecule has 0 heterocycles. The number of nitrogens with zero attached hydrogens (tertiary/aromatic N) is 1. The SMILES string of the molecule is CCN(CC)S(=O)(=O)c1cc(C)c(C)c(NC(=O)Cc2ccc(N)cc2)c1. The van der Waals surface area contributed by atoms with Crippen molar-refractivity contribution in [2.24, 2.45) is 0 Å². The second-order valence-electron chi connectivity index (χ2n) is 6.47. The molecule has 0 unspecified atom stereocenters. The summed E-state index contributed by atoms with van der Waals surface area (Å²) >= 11 is 0. The fourth-order valence-electron chi connectivity index (χ4n) is 2.83. The number of benzene rings is 2. The number of amides is 1. The van der Waals surface area contributed by atoms with Gasteiger partial charge in [-0.2, -0.15) is 4.31 Å². The summed E-state index contributed by atoms with van der Waals surface area (Å²) in [6.07, 6.45) is 0.186. The molecule has 0 aliphatic carbocycles. The van der Waals surface area contributed by atoms with Crippen molar-refractivity contribution in [3.05, 3.63) is 53.1 Å². The van der Waals surface area contributed by atoms with Crippen LogP contribution in [0.15, 0.2) is 41.3 Å². The van der Waals surface area contributed by atoms with Gasteiger partial charge in [0.15, 0.2) is 0 Å². The summed E-state index contributed by atoms with van der Waals surface area (Å²) in [7, 11) is -3.59. The van der Waals surface area contributed by atoms with Gasteiger partial charge >= 0.3 is 0 Å². The highest BCUT2D eigenvalue weighted by molar-refractivity contribution is 7.89. The topological polar surface area (TPSA) is 92.5 Å². The molecule has 0 atom stereocenters. The van der Waals surface area contributed by atoms with Gasteiger partial charge in [-0.05, 0) is 54.8 Å². The molecule has 0 aliphatic rings. The third kappa shape index (κ3) is 4.87. The molecule has 0 aliphatic heterocycles. The van der Waals surface area contributed by atoms with E-state index in [1.54, 1.807) is 44.2 Å². The molecule has 146 valence electrons. The lowest BCUT2D eigenvalue weighted by molar-refractivity contribution is -0.115. The number of hydrogen-bond acceptors (Lipinski definition) is 4. The van der Waals surface area contributed by atoms with Crippen molar-refractivity contribution < 1.29 is 13.2 Å². The maximum Gasteiger partial charge on any atom is 0.243 e. The minimum absolute atomic E-state index is 0.186. The van der Waals surface area contributed by atoms with E-state index in [0.29, 0.717) is 24.5 Å². The van der Waals surface area contributed by atoms with Crippen molar-refractivity contribution in [3.63, 3.8) is 0 Å². The number of aryl methyl sites for hydroxylation is 1. The first-order chi connectivity index (χ1) is 12.7. The molecule has 2 aromatic rings. The Morgan fingerprint density at radius 3 is 2.22 bits per heavy atom. The molecule has 0 bridgehead atoms. The van der Waals surface area contributed by atoms with Crippen molar-refractivity contribution >= 4 is 27.3 Å². The number of nitrogens with two attached hydrogens (primary N) is 1. The summed E-state index contributed by atoms with van der Waals surface area (Å²) in [6, 6.07) is 10.3. The third-order valence-electron chi connectivity index (χ3n) is 4.60. The van der Waals surface area contributed by atoms with Gasteiger partial charge in [0.1, 0.15) is 0 Å². The first kappa shape index (κ1) is 20.9. The quantitative estimate of drug-likeness (QED) is 0.712. The number of carbonyl (C=O) groups is 1. The fraction of sp³-hybridized carbons (Fsp3) is 0.350. The lowest BCUT2D eigenvalue weighted by Gasteiger charge is -2.20. The summed E-state index contributed by atoms with van der Waals surface area (Å²) in [5.41, 5.74) is 9.31. The van der Waals surface area contributed by atoms with Crippen LogP contribution in [-0.4, -0.2) is 31.7 Å². The predicted octanol–water partition coefficient (Wildman–Crippen LogP) is 3.10. The van der Waals surface area contributed by atoms with Crippen LogP contribution in [0.25, 0.3) is 0 Å². The Balaban J connectivity index is 2.30. The number of nitrogen functional groups attached to an aromatic ring is 1. The number of sulfonamides is 1. The summed E-state index contributed by atoms with van der Waals surface area (Å²) < 4.78 is 27.0. The predicted molar refractivity (Wildman–Crippen MR) is 109 cm³/mol. The summed E-state index contributed by atoms with van der Waals surface area (Å²) in [5, 5.41) is 2.85. The first-order valence-corrected chi connectivity index (χ1v) is 10.4. The van der Waals surface area contributed by atoms with Crippen molar-refractivity contribution in [1.82, 2.24) is 4.31 Å². The Bertz CT molecular complexity index is 918. The number of carbonyl (C=O) groups excluding carboxylic acids is 1. The highest BCUT2D eigenvalue weighted by Gasteiger charge is 2.23. The molecule has 6 nitrogen and oxygen atoms in total. The summed E-state index contributed by atoms with van der Waals surface area (Å²) in [6.45, 7) is 8.10. The molecule has 27 heavy (non-hydrogen) atoms. The molecular formula is C20H27N3O3S. The lowest BCUT2D eigenvalue weighted by Crippen LogP contribution is -2.30. The molecule has 3 N–H and O–H groups in total. The van der Waals surface area contributed by atoms with E-state index >= 15 is 0 Å². The second-order valence-corrected chi connectivity index (χ2v) is 8.41. The highest BCUT2D eigenvalue weighted by Crippen LogP contribution is 2.26. The van der Waals surface area contributed by atoms with Gasteiger partial charge in [-0.3, -0.25) is 4.79 Å². The number of rotatable bonds is 7. The van der Waals surface area contributed by atoms with Crippen molar-refractivity contribution in [2.45, 2.75) is 39.0 Å². The van der Waals surface area contributed by atoms with Gasteiger partial charge in [-0.1, -0.05) is 26.0 Å². The molecule has 7 heteroatoms. The molecule has 0 aromatic heterocycles. The van der Waals surface area contributed by atoms with Crippen LogP contribution in [0, 0.1) is 13.8 Å². The van der Waals surface area contributed by atoms with Gasteiger partial charge in [-0.25, -0.2) is 8.42 Å². The Morgan fingerprint density at radius 1 is 1.07 bits per heavy atom. The standard InChI is InChI=1S/C20H27N3O3S/c1-5-23(6-2)27(25,26)18-11-14(3)15(4)19(13-18)22-20(24)12-16-7-9-17(21)10-8-16/h7-11,13H,5-6,12,21H2,1-4H3,(H,22,24). The van der Waals surface area contributed by atoms with Gasteiger partial charge in [0.2, 0.25) is 15.9 Å². The first-order valence-electron chi connectivity index (χ1n) is 8.94. The molecule has 0 saturated heterocycles. The summed E-state index contributed by atoms with van der Waals surface area (Å²) in [4.78, 5) is 12.6. The third-order valence-corrected chi connectivity index (χ3v) is 6.63. The minimum atomic E-state index is -3.59. The van der Waals surface area contributed by atoms with Crippen LogP contribution < -0.4 is 11.1 Å². The largest absolute Gasteiger partial charge is 0.399 e. The van der Waals surface area contributed by atoms with Crippen LogP contribution in [0.4, 0.5) is 11.4 Å². The second kappa shape index (κ2) is 8.54. The highest BCUT2D eigenvalue weighted by atomic mass is 32.2. The molecule has 0 radical (unpaired) electrons. The fourth-order valence-corrected chi connectivity index (χ4v) is 4.40. The molecule has 0 saturated carbocycles. The van der Waals surface area contributed by atoms with Crippen molar-refractivity contribution in [1.29, 1.82) is 0 Å². The lowest BCUT2D eigenvalue weighted by atomic mass is 10.1. The van der Waals surface area contributed by atoms with E-state index in [9.17, 15) is 13.2 Å². The monoisotopic (exact) mass is 389 g/mol. The van der Waals surface area contributed by atoms with E-state index in [4.69, 9.17) is 5.73 Å². The van der Waals surface area contributed by atoms with Crippen LogP contribution >= 0.6 is 0 Å². The molecular weight excluding hydrogens is 362 g/mol. The molecule has 2 aromatic carbocycles. The van der Waals surface area contributed by atoms with Crippen LogP contribution in [0.2, 0.25) is 0 Å². The Morgan fingerprint density at radius 2 is 1.67 bits per heavy atom. The zero-order chi connectivity index (χ0) is 20.2. The molecule has 0 fully saturated rings. The molecule has 2 rings (SSSR count). The van der Waals surface area contributed by atoms with E-state index in [0.717, 1.165) is 16.7 Å². The van der Waals surface area contributed by atoms with Gasteiger partial charge in [-0.15, -0.1) is 0 Å². The number of nitrogens with one attached hydrogen (secondary N) is 1. The van der Waals surface area contributed by atoms with Crippen LogP contribution in [0.5, 0.6) is 0 Å². The Hall–Kier alpha value is -2.38. The zero-order valence-corrected chi connectivity index (χ0v) is 17.1. The maximum atomic E-state index is 12.8. The van der Waals surface area contributed by atoms with Crippen molar-refractivity contribution in [3.8, 4) is 0 Å². The molecule has 1 amide bonds. The van der Waals surface area contributed by atoms with Gasteiger partial charge in [0.05, 0.1) is 11.3 Å². The number of anilines is 2. The van der Waals surface area contributed by atoms with E-state index in [1.165, 1.54) is 10.4 Å². The number of hydrogen-bond donors (Lipinski definition) is 2. The maximum absolute atomic E-state index is 12.8. The Labute approximate surface area is 161 Å². The Kier molecular flexibility index (Phi) is 6.62. The van der Waals surface area contributed by atoms with E-state index in [2.05, 4.69) is 5.32 Å². The van der Waals surface area contributed by atoms with E-state index in [1.807, 2.05) is 13.8 Å². The summed E-state index contributed by atoms with van der Waals surface area (Å²) in [5.74, 6) is -0.209. The van der Waals surface area contributed by atoms with E-state index < -0.39 is 10.0 Å². The average molecular weight is 390 g/mol. The van der Waals surface area contributed by atoms with Gasteiger partial charge in [0, 0.05) is 24.5 Å².